The lowest BCUT2D eigenvalue weighted by Crippen LogP contribution is -2.50. The third-order valence-electron chi connectivity index (χ3n) is 5.21. The van der Waals surface area contributed by atoms with E-state index in [1.165, 1.54) is 24.0 Å². The van der Waals surface area contributed by atoms with E-state index < -0.39 is 40.0 Å². The van der Waals surface area contributed by atoms with Crippen molar-refractivity contribution in [3.8, 4) is 0 Å². The normalized spacial score (nSPS) is 15.4. The second-order valence-corrected chi connectivity index (χ2v) is 9.94. The molecular weight excluding hydrogens is 446 g/mol. The van der Waals surface area contributed by atoms with Gasteiger partial charge in [0.1, 0.15) is 12.6 Å². The maximum absolute atomic E-state index is 13.0. The van der Waals surface area contributed by atoms with Gasteiger partial charge in [-0.2, -0.15) is 4.72 Å². The van der Waals surface area contributed by atoms with E-state index in [0.717, 1.165) is 5.56 Å². The van der Waals surface area contributed by atoms with Crippen LogP contribution in [0, 0.1) is 12.8 Å². The van der Waals surface area contributed by atoms with Crippen molar-refractivity contribution in [3.63, 3.8) is 0 Å². The minimum atomic E-state index is -3.99. The molecule has 9 nitrogen and oxygen atoms in total. The van der Waals surface area contributed by atoms with Crippen LogP contribution < -0.4 is 14.9 Å². The lowest BCUT2D eigenvalue weighted by molar-refractivity contribution is -0.156. The minimum absolute atomic E-state index is 0.0200. The summed E-state index contributed by atoms with van der Waals surface area (Å²) in [4.78, 5) is 39.1. The van der Waals surface area contributed by atoms with E-state index in [4.69, 9.17) is 4.74 Å². The lowest BCUT2D eigenvalue weighted by atomic mass is 10.1. The average Bonchev–Trinajstić information content (AvgIpc) is 2.76. The molecule has 0 fully saturated rings. The van der Waals surface area contributed by atoms with Gasteiger partial charge >= 0.3 is 5.97 Å². The number of rotatable bonds is 7. The number of benzene rings is 2. The van der Waals surface area contributed by atoms with Gasteiger partial charge in [-0.1, -0.05) is 43.7 Å². The van der Waals surface area contributed by atoms with Gasteiger partial charge in [-0.05, 0) is 44.0 Å². The van der Waals surface area contributed by atoms with Crippen LogP contribution in [0.4, 0.5) is 11.4 Å². The number of para-hydroxylation sites is 2. The molecule has 3 rings (SSSR count). The third kappa shape index (κ3) is 5.58. The van der Waals surface area contributed by atoms with Crippen LogP contribution in [0.1, 0.15) is 26.3 Å². The first-order chi connectivity index (χ1) is 15.5. The summed E-state index contributed by atoms with van der Waals surface area (Å²) in [6, 6.07) is 11.8. The molecule has 10 heteroatoms. The summed E-state index contributed by atoms with van der Waals surface area (Å²) in [5.41, 5.74) is 1.87. The molecule has 1 heterocycles. The van der Waals surface area contributed by atoms with Crippen molar-refractivity contribution in [3.05, 3.63) is 54.1 Å². The van der Waals surface area contributed by atoms with E-state index in [1.54, 1.807) is 50.2 Å². The summed E-state index contributed by atoms with van der Waals surface area (Å²) in [6.45, 7) is 6.34. The van der Waals surface area contributed by atoms with Crippen LogP contribution in [0.5, 0.6) is 0 Å². The monoisotopic (exact) mass is 473 g/mol. The van der Waals surface area contributed by atoms with Gasteiger partial charge < -0.3 is 10.1 Å². The second kappa shape index (κ2) is 9.72. The Kier molecular flexibility index (Phi) is 7.19. The summed E-state index contributed by atoms with van der Waals surface area (Å²) in [5.74, 6) is -2.28. The predicted octanol–water partition coefficient (Wildman–Crippen LogP) is 2.21. The Hall–Kier alpha value is -3.24. The molecule has 2 atom stereocenters. The fourth-order valence-electron chi connectivity index (χ4n) is 3.36. The largest absolute Gasteiger partial charge is 0.451 e. The maximum atomic E-state index is 13.0. The van der Waals surface area contributed by atoms with Crippen LogP contribution in [0.3, 0.4) is 0 Å². The summed E-state index contributed by atoms with van der Waals surface area (Å²) in [6.07, 6.45) is -1.23. The molecule has 0 radical (unpaired) electrons. The molecule has 176 valence electrons. The van der Waals surface area contributed by atoms with E-state index in [-0.39, 0.29) is 17.3 Å². The van der Waals surface area contributed by atoms with Gasteiger partial charge in [0.05, 0.1) is 16.3 Å². The summed E-state index contributed by atoms with van der Waals surface area (Å²) < 4.78 is 33.3. The van der Waals surface area contributed by atoms with Gasteiger partial charge in [-0.3, -0.25) is 19.3 Å². The zero-order valence-corrected chi connectivity index (χ0v) is 19.7. The highest BCUT2D eigenvalue weighted by Gasteiger charge is 2.35. The molecule has 2 N–H and O–H groups in total. The van der Waals surface area contributed by atoms with Gasteiger partial charge in [0.25, 0.3) is 5.91 Å². The molecule has 33 heavy (non-hydrogen) atoms. The fourth-order valence-corrected chi connectivity index (χ4v) is 4.69. The second-order valence-electron chi connectivity index (χ2n) is 8.22. The number of esters is 1. The molecule has 0 aromatic heterocycles. The van der Waals surface area contributed by atoms with Crippen molar-refractivity contribution >= 4 is 39.2 Å². The Labute approximate surface area is 193 Å². The number of nitrogens with one attached hydrogen (secondary N) is 2. The molecule has 0 bridgehead atoms. The number of sulfonamides is 1. The fraction of sp³-hybridized carbons (Fsp3) is 0.348. The van der Waals surface area contributed by atoms with Crippen molar-refractivity contribution in [2.75, 3.05) is 16.8 Å². The van der Waals surface area contributed by atoms with Gasteiger partial charge in [-0.15, -0.1) is 0 Å². The van der Waals surface area contributed by atoms with E-state index in [9.17, 15) is 22.8 Å². The van der Waals surface area contributed by atoms with E-state index in [1.807, 2.05) is 6.92 Å². The SMILES string of the molecule is Cc1ccc(S(=O)(=O)N[C@H](C(=O)O[C@@H](C)C(=O)N2CC(=O)Nc3ccccc32)C(C)C)cc1. The smallest absolute Gasteiger partial charge is 0.325 e. The first kappa shape index (κ1) is 24.4. The molecule has 2 aromatic rings. The first-order valence-corrected chi connectivity index (χ1v) is 12.0. The van der Waals surface area contributed by atoms with Crippen LogP contribution in [0.25, 0.3) is 0 Å². The number of carbonyl (C=O) groups excluding carboxylic acids is 3. The number of hydrogen-bond acceptors (Lipinski definition) is 6. The summed E-state index contributed by atoms with van der Waals surface area (Å²) >= 11 is 0. The number of anilines is 2. The Bertz CT molecular complexity index is 1160. The average molecular weight is 474 g/mol. The van der Waals surface area contributed by atoms with Crippen molar-refractivity contribution in [1.82, 2.24) is 4.72 Å². The Balaban J connectivity index is 1.74. The number of hydrogen-bond donors (Lipinski definition) is 2. The van der Waals surface area contributed by atoms with Gasteiger partial charge in [0.2, 0.25) is 15.9 Å². The van der Waals surface area contributed by atoms with Gasteiger partial charge in [0, 0.05) is 0 Å². The minimum Gasteiger partial charge on any atom is -0.451 e. The molecule has 0 spiro atoms. The molecule has 0 saturated carbocycles. The lowest BCUT2D eigenvalue weighted by Gasteiger charge is -2.31. The summed E-state index contributed by atoms with van der Waals surface area (Å²) in [7, 11) is -3.99. The summed E-state index contributed by atoms with van der Waals surface area (Å²) in [5, 5.41) is 2.69. The van der Waals surface area contributed by atoms with Crippen molar-refractivity contribution in [2.45, 2.75) is 44.7 Å². The van der Waals surface area contributed by atoms with E-state index in [2.05, 4.69) is 10.0 Å². The molecule has 2 amide bonds. The number of fused-ring (bicyclic) bond motifs is 1. The third-order valence-corrected chi connectivity index (χ3v) is 6.67. The van der Waals surface area contributed by atoms with Gasteiger partial charge in [0.15, 0.2) is 6.10 Å². The van der Waals surface area contributed by atoms with Crippen molar-refractivity contribution < 1.29 is 27.5 Å². The highest BCUT2D eigenvalue weighted by atomic mass is 32.2. The Morgan fingerprint density at radius 3 is 2.33 bits per heavy atom. The van der Waals surface area contributed by atoms with E-state index in [0.29, 0.717) is 11.4 Å². The molecular formula is C23H27N3O6S. The number of aryl methyl sites for hydroxylation is 1. The highest BCUT2D eigenvalue weighted by Crippen LogP contribution is 2.29. The van der Waals surface area contributed by atoms with Crippen LogP contribution in [0.2, 0.25) is 0 Å². The predicted molar refractivity (Wildman–Crippen MR) is 123 cm³/mol. The first-order valence-electron chi connectivity index (χ1n) is 10.5. The standard InChI is InChI=1S/C23H27N3O6S/c1-14(2)21(25-33(30,31)17-11-9-15(3)10-12-17)23(29)32-16(4)22(28)26-13-20(27)24-18-7-5-6-8-19(18)26/h5-12,14,16,21,25H,13H2,1-4H3,(H,24,27)/t16-,21-/m0/s1. The van der Waals surface area contributed by atoms with E-state index >= 15 is 0 Å². The molecule has 0 unspecified atom stereocenters. The Morgan fingerprint density at radius 1 is 1.06 bits per heavy atom. The van der Waals surface area contributed by atoms with Crippen molar-refractivity contribution in [2.24, 2.45) is 5.92 Å². The van der Waals surface area contributed by atoms with Crippen LogP contribution in [0.15, 0.2) is 53.4 Å². The highest BCUT2D eigenvalue weighted by molar-refractivity contribution is 7.89. The topological polar surface area (TPSA) is 122 Å². The number of carbonyl (C=O) groups is 3. The molecule has 2 aromatic carbocycles. The molecule has 1 aliphatic heterocycles. The number of amides is 2. The van der Waals surface area contributed by atoms with Crippen molar-refractivity contribution in [1.29, 1.82) is 0 Å². The zero-order valence-electron chi connectivity index (χ0n) is 18.9. The van der Waals surface area contributed by atoms with Gasteiger partial charge in [-0.25, -0.2) is 8.42 Å². The molecule has 0 aliphatic carbocycles. The van der Waals surface area contributed by atoms with Crippen LogP contribution in [-0.4, -0.2) is 44.9 Å². The maximum Gasteiger partial charge on any atom is 0.325 e. The zero-order chi connectivity index (χ0) is 24.3. The van der Waals surface area contributed by atoms with Crippen LogP contribution in [-0.2, 0) is 29.1 Å². The molecule has 0 saturated heterocycles. The quantitative estimate of drug-likeness (QED) is 0.595. The van der Waals surface area contributed by atoms with Crippen LogP contribution >= 0.6 is 0 Å². The number of ether oxygens (including phenoxy) is 1. The molecule has 1 aliphatic rings. The number of nitrogens with zero attached hydrogens (tertiary/aromatic N) is 1. The Morgan fingerprint density at radius 2 is 1.70 bits per heavy atom.